The van der Waals surface area contributed by atoms with Crippen molar-refractivity contribution >= 4 is 17.9 Å². The molecule has 9 heteroatoms. The summed E-state index contributed by atoms with van der Waals surface area (Å²) in [6.07, 6.45) is 2.12. The number of nitrogens with one attached hydrogen (secondary N) is 2. The van der Waals surface area contributed by atoms with E-state index in [1.807, 2.05) is 0 Å². The average molecular weight is 283 g/mol. The molecule has 0 aliphatic carbocycles. The molecule has 0 aromatic carbocycles. The van der Waals surface area contributed by atoms with Crippen LogP contribution in [0.5, 0.6) is 0 Å². The van der Waals surface area contributed by atoms with Gasteiger partial charge in [-0.25, -0.2) is 9.78 Å². The van der Waals surface area contributed by atoms with Gasteiger partial charge in [0, 0.05) is 32.9 Å². The van der Waals surface area contributed by atoms with E-state index >= 15 is 0 Å². The summed E-state index contributed by atoms with van der Waals surface area (Å²) in [5.41, 5.74) is 0. The van der Waals surface area contributed by atoms with E-state index in [9.17, 15) is 14.4 Å². The Morgan fingerprint density at radius 2 is 2.10 bits per heavy atom. The number of carbonyl (C=O) groups is 3. The summed E-state index contributed by atoms with van der Waals surface area (Å²) < 4.78 is 1.56. The smallest absolute Gasteiger partial charge is 0.321 e. The minimum atomic E-state index is -0.967. The number of imide groups is 1. The lowest BCUT2D eigenvalue weighted by atomic mass is 10.2. The van der Waals surface area contributed by atoms with Crippen LogP contribution in [0.15, 0.2) is 6.33 Å². The van der Waals surface area contributed by atoms with Crippen molar-refractivity contribution in [3.05, 3.63) is 12.2 Å². The van der Waals surface area contributed by atoms with Gasteiger partial charge >= 0.3 is 12.0 Å². The summed E-state index contributed by atoms with van der Waals surface area (Å²) in [7, 11) is 1.74. The van der Waals surface area contributed by atoms with Crippen LogP contribution in [-0.4, -0.2) is 44.3 Å². The van der Waals surface area contributed by atoms with E-state index in [1.165, 1.54) is 0 Å². The van der Waals surface area contributed by atoms with Gasteiger partial charge in [-0.3, -0.25) is 19.6 Å². The molecule has 20 heavy (non-hydrogen) atoms. The van der Waals surface area contributed by atoms with Crippen LogP contribution in [0.25, 0.3) is 0 Å². The van der Waals surface area contributed by atoms with Crippen molar-refractivity contribution in [1.82, 2.24) is 25.4 Å². The summed E-state index contributed by atoms with van der Waals surface area (Å²) in [6.45, 7) is 0.304. The molecule has 0 aliphatic rings. The van der Waals surface area contributed by atoms with Gasteiger partial charge < -0.3 is 10.4 Å². The average Bonchev–Trinajstić information content (AvgIpc) is 2.74. The lowest BCUT2D eigenvalue weighted by molar-refractivity contribution is -0.137. The molecule has 3 N–H and O–H groups in total. The number of aliphatic carboxylic acids is 1. The molecule has 0 spiro atoms. The Bertz CT molecular complexity index is 485. The second-order valence-electron chi connectivity index (χ2n) is 4.14. The minimum absolute atomic E-state index is 0.00150. The van der Waals surface area contributed by atoms with Gasteiger partial charge in [0.2, 0.25) is 5.91 Å². The van der Waals surface area contributed by atoms with Gasteiger partial charge in [0.15, 0.2) is 5.82 Å². The second kappa shape index (κ2) is 7.87. The molecule has 0 saturated heterocycles. The molecule has 0 atom stereocenters. The molecule has 0 unspecified atom stereocenters. The van der Waals surface area contributed by atoms with E-state index in [0.717, 1.165) is 0 Å². The van der Waals surface area contributed by atoms with Crippen LogP contribution < -0.4 is 10.6 Å². The fourth-order valence-corrected chi connectivity index (χ4v) is 1.42. The van der Waals surface area contributed by atoms with Crippen molar-refractivity contribution in [2.75, 3.05) is 6.54 Å². The third-order valence-corrected chi connectivity index (χ3v) is 2.33. The van der Waals surface area contributed by atoms with Crippen LogP contribution in [0.3, 0.4) is 0 Å². The van der Waals surface area contributed by atoms with E-state index < -0.39 is 17.9 Å². The van der Waals surface area contributed by atoms with E-state index in [4.69, 9.17) is 5.11 Å². The van der Waals surface area contributed by atoms with Gasteiger partial charge in [-0.05, 0) is 6.42 Å². The maximum Gasteiger partial charge on any atom is 0.321 e. The zero-order chi connectivity index (χ0) is 15.0. The maximum absolute atomic E-state index is 11.3. The molecule has 0 aliphatic heterocycles. The van der Waals surface area contributed by atoms with Crippen LogP contribution >= 0.6 is 0 Å². The number of nitrogens with zero attached hydrogens (tertiary/aromatic N) is 3. The summed E-state index contributed by atoms with van der Waals surface area (Å²) in [5.74, 6) is -0.870. The van der Waals surface area contributed by atoms with Gasteiger partial charge in [0.1, 0.15) is 6.33 Å². The number of hydrogen-bond donors (Lipinski definition) is 3. The number of urea groups is 1. The summed E-state index contributed by atoms with van der Waals surface area (Å²) in [4.78, 5) is 36.9. The first-order valence-electron chi connectivity index (χ1n) is 6.11. The standard InChI is InChI=1S/C11H17N5O4/c1-16-7-13-8(15-16)5-6-12-11(20)14-9(17)3-2-4-10(18)19/h7H,2-6H2,1H3,(H,18,19)(H2,12,14,17,20). The van der Waals surface area contributed by atoms with Gasteiger partial charge in [-0.1, -0.05) is 0 Å². The Hall–Kier alpha value is -2.45. The molecule has 3 amide bonds. The molecular formula is C11H17N5O4. The maximum atomic E-state index is 11.3. The largest absolute Gasteiger partial charge is 0.481 e. The van der Waals surface area contributed by atoms with Crippen LogP contribution in [0.1, 0.15) is 25.1 Å². The number of rotatable bonds is 7. The number of amides is 3. The third-order valence-electron chi connectivity index (χ3n) is 2.33. The third kappa shape index (κ3) is 6.47. The normalized spacial score (nSPS) is 10.1. The van der Waals surface area contributed by atoms with E-state index in [1.54, 1.807) is 18.1 Å². The first-order valence-corrected chi connectivity index (χ1v) is 6.11. The predicted octanol–water partition coefficient (Wildman–Crippen LogP) is -0.562. The van der Waals surface area contributed by atoms with Crippen LogP contribution in [0.4, 0.5) is 4.79 Å². The molecule has 9 nitrogen and oxygen atoms in total. The quantitative estimate of drug-likeness (QED) is 0.615. The van der Waals surface area contributed by atoms with Crippen molar-refractivity contribution in [3.63, 3.8) is 0 Å². The highest BCUT2D eigenvalue weighted by atomic mass is 16.4. The zero-order valence-electron chi connectivity index (χ0n) is 11.1. The molecule has 0 radical (unpaired) electrons. The number of aryl methyl sites for hydroxylation is 1. The Morgan fingerprint density at radius 1 is 1.35 bits per heavy atom. The lowest BCUT2D eigenvalue weighted by Gasteiger charge is -2.05. The van der Waals surface area contributed by atoms with E-state index in [-0.39, 0.29) is 19.3 Å². The number of hydrogen-bond acceptors (Lipinski definition) is 5. The highest BCUT2D eigenvalue weighted by Crippen LogP contribution is 1.94. The van der Waals surface area contributed by atoms with Crippen molar-refractivity contribution in [3.8, 4) is 0 Å². The molecule has 0 fully saturated rings. The molecule has 0 saturated carbocycles. The Kier molecular flexibility index (Phi) is 6.14. The van der Waals surface area contributed by atoms with Crippen molar-refractivity contribution in [2.24, 2.45) is 7.05 Å². The predicted molar refractivity (Wildman–Crippen MR) is 67.7 cm³/mol. The first kappa shape index (κ1) is 15.6. The van der Waals surface area contributed by atoms with Gasteiger partial charge in [-0.2, -0.15) is 5.10 Å². The molecule has 1 aromatic rings. The second-order valence-corrected chi connectivity index (χ2v) is 4.14. The van der Waals surface area contributed by atoms with Crippen molar-refractivity contribution in [1.29, 1.82) is 0 Å². The van der Waals surface area contributed by atoms with Gasteiger partial charge in [-0.15, -0.1) is 0 Å². The number of aromatic nitrogens is 3. The number of carboxylic acid groups (broad SMARTS) is 1. The van der Waals surface area contributed by atoms with E-state index in [0.29, 0.717) is 18.8 Å². The summed E-state index contributed by atoms with van der Waals surface area (Å²) in [6, 6.07) is -0.610. The minimum Gasteiger partial charge on any atom is -0.481 e. The number of carboxylic acids is 1. The fraction of sp³-hybridized carbons (Fsp3) is 0.545. The Balaban J connectivity index is 2.13. The summed E-state index contributed by atoms with van der Waals surface area (Å²) in [5, 5.41) is 17.1. The molecular weight excluding hydrogens is 266 g/mol. The molecule has 0 bridgehead atoms. The SMILES string of the molecule is Cn1cnc(CCNC(=O)NC(=O)CCCC(=O)O)n1. The Labute approximate surface area is 115 Å². The molecule has 1 heterocycles. The highest BCUT2D eigenvalue weighted by Gasteiger charge is 2.08. The van der Waals surface area contributed by atoms with E-state index in [2.05, 4.69) is 20.7 Å². The lowest BCUT2D eigenvalue weighted by Crippen LogP contribution is -2.40. The molecule has 1 aromatic heterocycles. The summed E-state index contributed by atoms with van der Waals surface area (Å²) >= 11 is 0. The topological polar surface area (TPSA) is 126 Å². The van der Waals surface area contributed by atoms with Crippen LogP contribution in [-0.2, 0) is 23.1 Å². The van der Waals surface area contributed by atoms with Gasteiger partial charge in [0.05, 0.1) is 0 Å². The first-order chi connectivity index (χ1) is 9.47. The van der Waals surface area contributed by atoms with Gasteiger partial charge in [0.25, 0.3) is 0 Å². The molecule has 1 rings (SSSR count). The van der Waals surface area contributed by atoms with Crippen LogP contribution in [0, 0.1) is 0 Å². The monoisotopic (exact) mass is 283 g/mol. The van der Waals surface area contributed by atoms with Crippen molar-refractivity contribution < 1.29 is 19.5 Å². The number of carbonyl (C=O) groups excluding carboxylic acids is 2. The Morgan fingerprint density at radius 3 is 2.70 bits per heavy atom. The fourth-order valence-electron chi connectivity index (χ4n) is 1.42. The van der Waals surface area contributed by atoms with Crippen LogP contribution in [0.2, 0.25) is 0 Å². The zero-order valence-corrected chi connectivity index (χ0v) is 11.1. The highest BCUT2D eigenvalue weighted by molar-refractivity contribution is 5.94. The molecule has 110 valence electrons. The van der Waals surface area contributed by atoms with Crippen molar-refractivity contribution in [2.45, 2.75) is 25.7 Å².